The van der Waals surface area contributed by atoms with Crippen molar-refractivity contribution < 1.29 is 4.74 Å². The second-order valence-electron chi connectivity index (χ2n) is 5.11. The molecule has 1 atom stereocenters. The van der Waals surface area contributed by atoms with Crippen LogP contribution in [0.2, 0.25) is 0 Å². The Labute approximate surface area is 126 Å². The summed E-state index contributed by atoms with van der Waals surface area (Å²) < 4.78 is 5.82. The SMILES string of the molecule is CCCOc1ccccc1C(N)c1cc(C)nnc1CC. The summed E-state index contributed by atoms with van der Waals surface area (Å²) >= 11 is 0. The van der Waals surface area contributed by atoms with Gasteiger partial charge in [0.15, 0.2) is 0 Å². The Morgan fingerprint density at radius 3 is 2.62 bits per heavy atom. The lowest BCUT2D eigenvalue weighted by molar-refractivity contribution is 0.313. The Morgan fingerprint density at radius 1 is 1.14 bits per heavy atom. The zero-order chi connectivity index (χ0) is 15.2. The normalized spacial score (nSPS) is 12.2. The van der Waals surface area contributed by atoms with E-state index in [0.29, 0.717) is 6.61 Å². The Balaban J connectivity index is 2.40. The zero-order valence-corrected chi connectivity index (χ0v) is 13.0. The van der Waals surface area contributed by atoms with Gasteiger partial charge < -0.3 is 10.5 Å². The van der Waals surface area contributed by atoms with Crippen molar-refractivity contribution in [3.63, 3.8) is 0 Å². The van der Waals surface area contributed by atoms with E-state index in [-0.39, 0.29) is 6.04 Å². The average Bonchev–Trinajstić information content (AvgIpc) is 2.52. The number of para-hydroxylation sites is 1. The van der Waals surface area contributed by atoms with Crippen molar-refractivity contribution in [3.05, 3.63) is 52.8 Å². The maximum Gasteiger partial charge on any atom is 0.124 e. The fraction of sp³-hybridized carbons (Fsp3) is 0.412. The number of aromatic nitrogens is 2. The van der Waals surface area contributed by atoms with Crippen molar-refractivity contribution in [2.75, 3.05) is 6.61 Å². The lowest BCUT2D eigenvalue weighted by Gasteiger charge is -2.19. The quantitative estimate of drug-likeness (QED) is 0.885. The Hall–Kier alpha value is -1.94. The first-order valence-electron chi connectivity index (χ1n) is 7.47. The average molecular weight is 285 g/mol. The summed E-state index contributed by atoms with van der Waals surface area (Å²) in [7, 11) is 0. The number of aryl methyl sites for hydroxylation is 2. The van der Waals surface area contributed by atoms with Gasteiger partial charge in [-0.15, -0.1) is 0 Å². The van der Waals surface area contributed by atoms with Crippen molar-refractivity contribution in [2.24, 2.45) is 5.73 Å². The number of nitrogens with two attached hydrogens (primary N) is 1. The van der Waals surface area contributed by atoms with Gasteiger partial charge in [-0.2, -0.15) is 10.2 Å². The van der Waals surface area contributed by atoms with Crippen molar-refractivity contribution in [1.82, 2.24) is 10.2 Å². The minimum Gasteiger partial charge on any atom is -0.493 e. The molecule has 0 amide bonds. The van der Waals surface area contributed by atoms with Gasteiger partial charge in [-0.25, -0.2) is 0 Å². The third kappa shape index (κ3) is 3.58. The largest absolute Gasteiger partial charge is 0.493 e. The molecule has 0 aliphatic carbocycles. The van der Waals surface area contributed by atoms with Crippen LogP contribution in [-0.4, -0.2) is 16.8 Å². The van der Waals surface area contributed by atoms with E-state index >= 15 is 0 Å². The van der Waals surface area contributed by atoms with Crippen molar-refractivity contribution in [2.45, 2.75) is 39.7 Å². The van der Waals surface area contributed by atoms with E-state index in [2.05, 4.69) is 24.0 Å². The minimum absolute atomic E-state index is 0.248. The fourth-order valence-electron chi connectivity index (χ4n) is 2.33. The van der Waals surface area contributed by atoms with Gasteiger partial charge in [-0.3, -0.25) is 0 Å². The summed E-state index contributed by atoms with van der Waals surface area (Å²) in [4.78, 5) is 0. The van der Waals surface area contributed by atoms with Crippen LogP contribution >= 0.6 is 0 Å². The third-order valence-corrected chi connectivity index (χ3v) is 3.41. The molecule has 4 heteroatoms. The molecule has 0 bridgehead atoms. The highest BCUT2D eigenvalue weighted by Crippen LogP contribution is 2.29. The molecule has 0 saturated carbocycles. The molecular weight excluding hydrogens is 262 g/mol. The van der Waals surface area contributed by atoms with Gasteiger partial charge in [0.05, 0.1) is 24.0 Å². The smallest absolute Gasteiger partial charge is 0.124 e. The predicted molar refractivity (Wildman–Crippen MR) is 84.4 cm³/mol. The van der Waals surface area contributed by atoms with Gasteiger partial charge in [0.1, 0.15) is 5.75 Å². The molecule has 21 heavy (non-hydrogen) atoms. The first-order valence-corrected chi connectivity index (χ1v) is 7.47. The topological polar surface area (TPSA) is 61.0 Å². The summed E-state index contributed by atoms with van der Waals surface area (Å²) in [5.41, 5.74) is 10.3. The summed E-state index contributed by atoms with van der Waals surface area (Å²) in [5, 5.41) is 8.39. The van der Waals surface area contributed by atoms with Crippen LogP contribution in [0, 0.1) is 6.92 Å². The van der Waals surface area contributed by atoms with Gasteiger partial charge >= 0.3 is 0 Å². The first-order chi connectivity index (χ1) is 10.2. The number of hydrogen-bond donors (Lipinski definition) is 1. The summed E-state index contributed by atoms with van der Waals surface area (Å²) in [6, 6.07) is 9.72. The Bertz CT molecular complexity index is 598. The molecule has 2 rings (SSSR count). The third-order valence-electron chi connectivity index (χ3n) is 3.41. The molecule has 1 unspecified atom stereocenters. The van der Waals surface area contributed by atoms with E-state index < -0.39 is 0 Å². The molecule has 0 radical (unpaired) electrons. The second-order valence-corrected chi connectivity index (χ2v) is 5.11. The molecule has 0 saturated heterocycles. The van der Waals surface area contributed by atoms with Crippen LogP contribution in [0.15, 0.2) is 30.3 Å². The van der Waals surface area contributed by atoms with E-state index in [1.165, 1.54) is 0 Å². The van der Waals surface area contributed by atoms with Crippen molar-refractivity contribution >= 4 is 0 Å². The van der Waals surface area contributed by atoms with Crippen LogP contribution in [0.3, 0.4) is 0 Å². The summed E-state index contributed by atoms with van der Waals surface area (Å²) in [6.45, 7) is 6.78. The van der Waals surface area contributed by atoms with Gasteiger partial charge in [0, 0.05) is 5.56 Å². The predicted octanol–water partition coefficient (Wildman–Crippen LogP) is 3.18. The molecule has 4 nitrogen and oxygen atoms in total. The number of benzene rings is 1. The standard InChI is InChI=1S/C17H23N3O/c1-4-10-21-16-9-7-6-8-13(16)17(18)14-11-12(3)19-20-15(14)5-2/h6-9,11,17H,4-5,10,18H2,1-3H3. The van der Waals surface area contributed by atoms with Crippen LogP contribution in [0.1, 0.15) is 48.8 Å². The first kappa shape index (κ1) is 15.4. The number of hydrogen-bond acceptors (Lipinski definition) is 4. The molecule has 1 heterocycles. The van der Waals surface area contributed by atoms with Gasteiger partial charge in [0.2, 0.25) is 0 Å². The molecule has 0 aliphatic rings. The number of ether oxygens (including phenoxy) is 1. The maximum absolute atomic E-state index is 6.49. The molecule has 0 spiro atoms. The fourth-order valence-corrected chi connectivity index (χ4v) is 2.33. The minimum atomic E-state index is -0.248. The van der Waals surface area contributed by atoms with Crippen molar-refractivity contribution in [1.29, 1.82) is 0 Å². The lowest BCUT2D eigenvalue weighted by atomic mass is 9.96. The molecular formula is C17H23N3O. The molecule has 2 aromatic rings. The Morgan fingerprint density at radius 2 is 1.90 bits per heavy atom. The van der Waals surface area contributed by atoms with E-state index in [0.717, 1.165) is 41.1 Å². The molecule has 1 aromatic carbocycles. The van der Waals surface area contributed by atoms with Crippen LogP contribution < -0.4 is 10.5 Å². The highest BCUT2D eigenvalue weighted by atomic mass is 16.5. The Kier molecular flexibility index (Phi) is 5.28. The van der Waals surface area contributed by atoms with Crippen LogP contribution in [0.4, 0.5) is 0 Å². The van der Waals surface area contributed by atoms with E-state index in [4.69, 9.17) is 10.5 Å². The van der Waals surface area contributed by atoms with Gasteiger partial charge in [0.25, 0.3) is 0 Å². The molecule has 0 aliphatic heterocycles. The molecule has 0 fully saturated rings. The number of nitrogens with zero attached hydrogens (tertiary/aromatic N) is 2. The summed E-state index contributed by atoms with van der Waals surface area (Å²) in [5.74, 6) is 0.850. The van der Waals surface area contributed by atoms with E-state index in [1.54, 1.807) is 0 Å². The molecule has 2 N–H and O–H groups in total. The maximum atomic E-state index is 6.49. The van der Waals surface area contributed by atoms with Crippen LogP contribution in [0.5, 0.6) is 5.75 Å². The lowest BCUT2D eigenvalue weighted by Crippen LogP contribution is -2.17. The highest BCUT2D eigenvalue weighted by Gasteiger charge is 2.18. The van der Waals surface area contributed by atoms with Gasteiger partial charge in [-0.05, 0) is 37.5 Å². The monoisotopic (exact) mass is 285 g/mol. The number of rotatable bonds is 6. The molecule has 112 valence electrons. The zero-order valence-electron chi connectivity index (χ0n) is 13.0. The second kappa shape index (κ2) is 7.18. The van der Waals surface area contributed by atoms with Crippen LogP contribution in [-0.2, 0) is 6.42 Å². The summed E-state index contributed by atoms with van der Waals surface area (Å²) in [6.07, 6.45) is 1.79. The van der Waals surface area contributed by atoms with Crippen LogP contribution in [0.25, 0.3) is 0 Å². The highest BCUT2D eigenvalue weighted by molar-refractivity contribution is 5.42. The molecule has 1 aromatic heterocycles. The van der Waals surface area contributed by atoms with E-state index in [1.807, 2.05) is 37.3 Å². The van der Waals surface area contributed by atoms with Gasteiger partial charge in [-0.1, -0.05) is 32.0 Å². The van der Waals surface area contributed by atoms with E-state index in [9.17, 15) is 0 Å². The van der Waals surface area contributed by atoms with Crippen molar-refractivity contribution in [3.8, 4) is 5.75 Å².